The highest BCUT2D eigenvalue weighted by molar-refractivity contribution is 6.17. The number of hydrogen-bond acceptors (Lipinski definition) is 2. The normalized spacial score (nSPS) is 20.3. The predicted octanol–water partition coefficient (Wildman–Crippen LogP) is 13.2. The lowest BCUT2D eigenvalue weighted by Gasteiger charge is -2.36. The third-order valence-corrected chi connectivity index (χ3v) is 12.8. The van der Waals surface area contributed by atoms with Crippen molar-refractivity contribution in [2.75, 3.05) is 0 Å². The molecule has 3 nitrogen and oxygen atoms in total. The van der Waals surface area contributed by atoms with E-state index in [1.165, 1.54) is 81.8 Å². The van der Waals surface area contributed by atoms with E-state index in [4.69, 9.17) is 14.4 Å². The maximum absolute atomic E-state index is 6.43. The van der Waals surface area contributed by atoms with Crippen LogP contribution in [0.25, 0.3) is 49.5 Å². The lowest BCUT2D eigenvalue weighted by molar-refractivity contribution is 0.353. The Kier molecular flexibility index (Phi) is 7.44. The highest BCUT2D eigenvalue weighted by Gasteiger charge is 2.45. The number of aryl methyl sites for hydroxylation is 1. The molecule has 2 atom stereocenters. The molecule has 3 heteroatoms. The Morgan fingerprint density at radius 1 is 0.623 bits per heavy atom. The topological polar surface area (TPSA) is 37.9 Å². The first-order valence-corrected chi connectivity index (χ1v) is 19.4. The van der Waals surface area contributed by atoms with E-state index in [-0.39, 0.29) is 5.41 Å². The summed E-state index contributed by atoms with van der Waals surface area (Å²) in [6, 6.07) is 44.0. The van der Waals surface area contributed by atoms with Crippen molar-refractivity contribution in [3.05, 3.63) is 160 Å². The molecule has 10 rings (SSSR count). The van der Waals surface area contributed by atoms with Crippen LogP contribution in [-0.4, -0.2) is 11.5 Å². The molecule has 0 radical (unpaired) electrons. The van der Waals surface area contributed by atoms with Crippen LogP contribution in [0.15, 0.2) is 141 Å². The van der Waals surface area contributed by atoms with E-state index in [0.29, 0.717) is 17.7 Å². The first-order valence-electron chi connectivity index (χ1n) is 19.4. The van der Waals surface area contributed by atoms with E-state index >= 15 is 0 Å². The zero-order valence-electron chi connectivity index (χ0n) is 31.0. The molecule has 53 heavy (non-hydrogen) atoms. The number of nitrogens with zero attached hydrogens (tertiary/aromatic N) is 2. The van der Waals surface area contributed by atoms with Crippen molar-refractivity contribution in [1.82, 2.24) is 0 Å². The highest BCUT2D eigenvalue weighted by Crippen LogP contribution is 2.57. The molecule has 1 unspecified atom stereocenters. The minimum Gasteiger partial charge on any atom is -0.456 e. The third-order valence-electron chi connectivity index (χ3n) is 12.8. The number of benzene rings is 6. The largest absolute Gasteiger partial charge is 0.456 e. The van der Waals surface area contributed by atoms with Gasteiger partial charge in [-0.2, -0.15) is 0 Å². The number of furan rings is 1. The Balaban J connectivity index is 1.20. The molecule has 7 aromatic rings. The number of fused-ring (bicyclic) bond motifs is 9. The summed E-state index contributed by atoms with van der Waals surface area (Å²) in [5.74, 6) is 1.64. The van der Waals surface area contributed by atoms with Gasteiger partial charge in [-0.05, 0) is 107 Å². The van der Waals surface area contributed by atoms with Crippen LogP contribution in [-0.2, 0) is 5.41 Å². The van der Waals surface area contributed by atoms with Gasteiger partial charge in [-0.1, -0.05) is 130 Å². The van der Waals surface area contributed by atoms with Crippen molar-refractivity contribution in [2.45, 2.75) is 65.2 Å². The fourth-order valence-corrected chi connectivity index (χ4v) is 9.73. The van der Waals surface area contributed by atoms with Crippen LogP contribution < -0.4 is 0 Å². The highest BCUT2D eigenvalue weighted by atomic mass is 16.3. The summed E-state index contributed by atoms with van der Waals surface area (Å²) >= 11 is 0. The minimum absolute atomic E-state index is 0.0837. The van der Waals surface area contributed by atoms with Crippen molar-refractivity contribution in [1.29, 1.82) is 0 Å². The van der Waals surface area contributed by atoms with Gasteiger partial charge >= 0.3 is 0 Å². The molecule has 2 saturated carbocycles. The molecule has 1 heterocycles. The average molecular weight is 689 g/mol. The number of allylic oxidation sites excluding steroid dienone is 1. The molecule has 1 aromatic heterocycles. The Hall–Kier alpha value is -5.54. The summed E-state index contributed by atoms with van der Waals surface area (Å²) in [5.41, 5.74) is 15.6. The molecule has 3 aliphatic rings. The van der Waals surface area contributed by atoms with E-state index < -0.39 is 0 Å². The maximum Gasteiger partial charge on any atom is 0.160 e. The third kappa shape index (κ3) is 5.08. The zero-order chi connectivity index (χ0) is 35.8. The second-order valence-corrected chi connectivity index (χ2v) is 15.8. The lowest BCUT2D eigenvalue weighted by Crippen LogP contribution is -2.28. The fraction of sp³-hybridized carbons (Fsp3) is 0.240. The smallest absolute Gasteiger partial charge is 0.160 e. The predicted molar refractivity (Wildman–Crippen MR) is 222 cm³/mol. The Bertz CT molecular complexity index is 2700. The summed E-state index contributed by atoms with van der Waals surface area (Å²) in [6.45, 7) is 9.10. The second-order valence-electron chi connectivity index (χ2n) is 15.8. The quantitative estimate of drug-likeness (QED) is 0.134. The van der Waals surface area contributed by atoms with E-state index in [9.17, 15) is 0 Å². The average Bonchev–Trinajstić information content (AvgIpc) is 3.48. The summed E-state index contributed by atoms with van der Waals surface area (Å²) < 4.78 is 6.43. The number of para-hydroxylation sites is 1. The van der Waals surface area contributed by atoms with Gasteiger partial charge in [-0.15, -0.1) is 0 Å². The summed E-state index contributed by atoms with van der Waals surface area (Å²) in [6.07, 6.45) is 6.28. The van der Waals surface area contributed by atoms with Gasteiger partial charge in [0, 0.05) is 38.6 Å². The van der Waals surface area contributed by atoms with E-state index in [1.807, 2.05) is 12.1 Å². The van der Waals surface area contributed by atoms with Gasteiger partial charge < -0.3 is 4.42 Å². The minimum atomic E-state index is 0.0837. The Labute approximate surface area is 311 Å². The van der Waals surface area contributed by atoms with Crippen LogP contribution in [0.4, 0.5) is 0 Å². The van der Waals surface area contributed by atoms with Gasteiger partial charge in [-0.3, -0.25) is 0 Å². The van der Waals surface area contributed by atoms with Crippen LogP contribution in [0.5, 0.6) is 0 Å². The first-order chi connectivity index (χ1) is 25.9. The van der Waals surface area contributed by atoms with E-state index in [1.54, 1.807) is 0 Å². The molecule has 0 N–H and O–H groups in total. The molecule has 2 fully saturated rings. The van der Waals surface area contributed by atoms with Crippen molar-refractivity contribution >= 4 is 50.0 Å². The molecular formula is C50H44N2O. The summed E-state index contributed by atoms with van der Waals surface area (Å²) in [4.78, 5) is 11.2. The summed E-state index contributed by atoms with van der Waals surface area (Å²) in [7, 11) is 0. The van der Waals surface area contributed by atoms with Gasteiger partial charge in [0.2, 0.25) is 0 Å². The molecule has 0 bridgehead atoms. The van der Waals surface area contributed by atoms with Crippen LogP contribution in [0.3, 0.4) is 0 Å². The van der Waals surface area contributed by atoms with Gasteiger partial charge in [0.25, 0.3) is 0 Å². The number of rotatable bonds is 4. The van der Waals surface area contributed by atoms with Crippen LogP contribution >= 0.6 is 0 Å². The van der Waals surface area contributed by atoms with Crippen molar-refractivity contribution < 1.29 is 4.42 Å². The molecule has 260 valence electrons. The van der Waals surface area contributed by atoms with Gasteiger partial charge in [-0.25, -0.2) is 9.98 Å². The molecule has 0 saturated heterocycles. The fourth-order valence-electron chi connectivity index (χ4n) is 9.73. The van der Waals surface area contributed by atoms with Gasteiger partial charge in [0.05, 0.1) is 5.70 Å². The van der Waals surface area contributed by atoms with Crippen LogP contribution in [0.1, 0.15) is 86.3 Å². The molecule has 6 aromatic carbocycles. The molecule has 0 amide bonds. The molecule has 1 spiro atoms. The van der Waals surface area contributed by atoms with Crippen molar-refractivity contribution in [2.24, 2.45) is 21.8 Å². The summed E-state index contributed by atoms with van der Waals surface area (Å²) in [5, 5.41) is 4.68. The number of aliphatic imine (C=N–C) groups is 2. The van der Waals surface area contributed by atoms with E-state index in [2.05, 4.69) is 137 Å². The first kappa shape index (κ1) is 32.1. The monoisotopic (exact) mass is 688 g/mol. The number of hydrogen-bond donors (Lipinski definition) is 0. The number of amidine groups is 1. The Morgan fingerprint density at radius 3 is 2.13 bits per heavy atom. The Morgan fingerprint density at radius 2 is 1.32 bits per heavy atom. The van der Waals surface area contributed by atoms with Crippen LogP contribution in [0, 0.1) is 18.8 Å². The van der Waals surface area contributed by atoms with Crippen molar-refractivity contribution in [3.63, 3.8) is 0 Å². The maximum atomic E-state index is 6.43. The van der Waals surface area contributed by atoms with E-state index in [0.717, 1.165) is 44.5 Å². The van der Waals surface area contributed by atoms with Gasteiger partial charge in [0.1, 0.15) is 11.2 Å². The standard InChI is InChI=1S/C50H44N2O/c1-30-14-12-19-41-45(30)47-38(18-13-20-42(47)50(41)26-10-5-11-27-50)33(4)51-49(37-24-25-40-39-17-8-9-21-43(39)53-44(40)29-37)52-48(46-31(2)32(46)3)36-23-22-34-15-6-7-16-35(34)28-36/h6-9,12-25,28-29,31-32H,5,10-11,26-27H2,1-4H3/t31-,32?/m1/s1. The second kappa shape index (κ2) is 12.3. The lowest BCUT2D eigenvalue weighted by atomic mass is 9.67. The molecular weight excluding hydrogens is 645 g/mol. The van der Waals surface area contributed by atoms with Gasteiger partial charge in [0.15, 0.2) is 5.84 Å². The zero-order valence-corrected chi connectivity index (χ0v) is 31.0. The molecule has 0 aliphatic heterocycles. The van der Waals surface area contributed by atoms with Crippen LogP contribution in [0.2, 0.25) is 0 Å². The molecule has 3 aliphatic carbocycles. The SMILES string of the molecule is CC(=NC(=NC(=C1C(C)[C@H]1C)c1ccc2ccccc2c1)c1ccc2c(c1)oc1ccccc12)c1cccc2c1-c1c(C)cccc1C21CCCCC1. The van der Waals surface area contributed by atoms with Crippen molar-refractivity contribution in [3.8, 4) is 11.1 Å².